The van der Waals surface area contributed by atoms with Crippen LogP contribution in [0.2, 0.25) is 0 Å². The molecule has 0 bridgehead atoms. The molecule has 1 fully saturated rings. The van der Waals surface area contributed by atoms with Gasteiger partial charge in [0.25, 0.3) is 0 Å². The average molecular weight is 291 g/mol. The van der Waals surface area contributed by atoms with Crippen molar-refractivity contribution in [1.82, 2.24) is 10.2 Å². The Labute approximate surface area is 114 Å². The van der Waals surface area contributed by atoms with E-state index in [2.05, 4.69) is 15.5 Å². The summed E-state index contributed by atoms with van der Waals surface area (Å²) in [7, 11) is 1.62. The summed E-state index contributed by atoms with van der Waals surface area (Å²) in [6, 6.07) is 2.16. The molecule has 0 saturated carbocycles. The van der Waals surface area contributed by atoms with Crippen molar-refractivity contribution in [2.45, 2.75) is 24.6 Å². The molecule has 2 rings (SSSR count). The summed E-state index contributed by atoms with van der Waals surface area (Å²) < 4.78 is 47.8. The fraction of sp³-hybridized carbons (Fsp3) is 0.667. The first kappa shape index (κ1) is 15.0. The van der Waals surface area contributed by atoms with Crippen molar-refractivity contribution in [3.8, 4) is 0 Å². The van der Waals surface area contributed by atoms with Gasteiger partial charge in [-0.05, 0) is 12.1 Å². The van der Waals surface area contributed by atoms with Crippen molar-refractivity contribution in [1.29, 1.82) is 0 Å². The van der Waals surface area contributed by atoms with Crippen LogP contribution in [0.1, 0.15) is 18.5 Å². The maximum Gasteiger partial charge on any atom is 0.435 e. The van der Waals surface area contributed by atoms with Gasteiger partial charge in [0.1, 0.15) is 5.82 Å². The minimum absolute atomic E-state index is 0.293. The number of hydrogen-bond donors (Lipinski definition) is 1. The summed E-state index contributed by atoms with van der Waals surface area (Å²) in [6.07, 6.45) is -3.02. The van der Waals surface area contributed by atoms with Crippen molar-refractivity contribution >= 4 is 5.82 Å². The third-order valence-electron chi connectivity index (χ3n) is 3.38. The van der Waals surface area contributed by atoms with Gasteiger partial charge in [-0.1, -0.05) is 0 Å². The molecule has 1 aliphatic rings. The Morgan fingerprint density at radius 3 is 2.50 bits per heavy atom. The van der Waals surface area contributed by atoms with Gasteiger partial charge >= 0.3 is 6.18 Å². The maximum atomic E-state index is 12.4. The maximum absolute atomic E-state index is 12.4. The number of rotatable bonds is 4. The molecule has 8 heteroatoms. The van der Waals surface area contributed by atoms with E-state index < -0.39 is 11.9 Å². The van der Waals surface area contributed by atoms with E-state index in [1.165, 1.54) is 6.07 Å². The number of ether oxygens (including phenoxy) is 2. The number of alkyl halides is 3. The van der Waals surface area contributed by atoms with E-state index in [-0.39, 0.29) is 5.60 Å². The molecule has 5 nitrogen and oxygen atoms in total. The second-order valence-electron chi connectivity index (χ2n) is 4.65. The molecule has 0 aliphatic carbocycles. The molecule has 1 aromatic rings. The van der Waals surface area contributed by atoms with Crippen LogP contribution in [0.25, 0.3) is 0 Å². The summed E-state index contributed by atoms with van der Waals surface area (Å²) >= 11 is 0. The number of nitrogens with one attached hydrogen (secondary N) is 1. The molecule has 0 amide bonds. The fourth-order valence-corrected chi connectivity index (χ4v) is 2.03. The van der Waals surface area contributed by atoms with Crippen LogP contribution < -0.4 is 5.32 Å². The molecule has 0 unspecified atom stereocenters. The lowest BCUT2D eigenvalue weighted by Gasteiger charge is -2.36. The fourth-order valence-electron chi connectivity index (χ4n) is 2.03. The SMILES string of the molecule is COC1(CNc2ccc(C(F)(F)F)nn2)CCOCC1. The molecule has 1 N–H and O–H groups in total. The first-order valence-electron chi connectivity index (χ1n) is 6.23. The van der Waals surface area contributed by atoms with Crippen LogP contribution >= 0.6 is 0 Å². The largest absolute Gasteiger partial charge is 0.435 e. The minimum Gasteiger partial charge on any atom is -0.381 e. The van der Waals surface area contributed by atoms with Crippen LogP contribution in [-0.4, -0.2) is 42.7 Å². The van der Waals surface area contributed by atoms with Gasteiger partial charge in [-0.2, -0.15) is 13.2 Å². The van der Waals surface area contributed by atoms with Crippen LogP contribution in [0.4, 0.5) is 19.0 Å². The third-order valence-corrected chi connectivity index (χ3v) is 3.38. The van der Waals surface area contributed by atoms with Crippen molar-refractivity contribution < 1.29 is 22.6 Å². The van der Waals surface area contributed by atoms with E-state index in [9.17, 15) is 13.2 Å². The smallest absolute Gasteiger partial charge is 0.381 e. The number of halogens is 3. The third kappa shape index (κ3) is 3.57. The second-order valence-corrected chi connectivity index (χ2v) is 4.65. The van der Waals surface area contributed by atoms with Crippen molar-refractivity contribution in [3.05, 3.63) is 17.8 Å². The van der Waals surface area contributed by atoms with Crippen LogP contribution in [0, 0.1) is 0 Å². The first-order chi connectivity index (χ1) is 9.45. The molecule has 0 radical (unpaired) electrons. The standard InChI is InChI=1S/C12H16F3N3O2/c1-19-11(4-6-20-7-5-11)8-16-10-3-2-9(17-18-10)12(13,14)15/h2-3H,4-8H2,1H3,(H,16,18). The normalized spacial score (nSPS) is 18.8. The predicted octanol–water partition coefficient (Wildman–Crippen LogP) is 2.10. The Bertz CT molecular complexity index is 431. The molecule has 1 aromatic heterocycles. The van der Waals surface area contributed by atoms with E-state index in [4.69, 9.17) is 9.47 Å². The van der Waals surface area contributed by atoms with Crippen LogP contribution in [0.3, 0.4) is 0 Å². The quantitative estimate of drug-likeness (QED) is 0.920. The van der Waals surface area contributed by atoms with Crippen molar-refractivity contribution in [3.63, 3.8) is 0 Å². The molecule has 2 heterocycles. The average Bonchev–Trinajstić information content (AvgIpc) is 2.46. The van der Waals surface area contributed by atoms with Gasteiger partial charge < -0.3 is 14.8 Å². The summed E-state index contributed by atoms with van der Waals surface area (Å²) in [6.45, 7) is 1.66. The Morgan fingerprint density at radius 1 is 1.30 bits per heavy atom. The van der Waals surface area contributed by atoms with E-state index in [0.717, 1.165) is 18.9 Å². The molecular weight excluding hydrogens is 275 g/mol. The van der Waals surface area contributed by atoms with E-state index in [1.54, 1.807) is 7.11 Å². The lowest BCUT2D eigenvalue weighted by molar-refractivity contribution is -0.141. The Morgan fingerprint density at radius 2 is 2.00 bits per heavy atom. The minimum atomic E-state index is -4.47. The zero-order valence-corrected chi connectivity index (χ0v) is 11.0. The highest BCUT2D eigenvalue weighted by molar-refractivity contribution is 5.34. The lowest BCUT2D eigenvalue weighted by Crippen LogP contribution is -2.44. The molecule has 20 heavy (non-hydrogen) atoms. The molecule has 0 spiro atoms. The Balaban J connectivity index is 1.96. The Hall–Kier alpha value is -1.41. The second kappa shape index (κ2) is 5.92. The van der Waals surface area contributed by atoms with E-state index in [0.29, 0.717) is 25.6 Å². The van der Waals surface area contributed by atoms with E-state index >= 15 is 0 Å². The highest BCUT2D eigenvalue weighted by atomic mass is 19.4. The summed E-state index contributed by atoms with van der Waals surface area (Å²) in [5, 5.41) is 9.65. The summed E-state index contributed by atoms with van der Waals surface area (Å²) in [5.41, 5.74) is -1.38. The number of nitrogens with zero attached hydrogens (tertiary/aromatic N) is 2. The first-order valence-corrected chi connectivity index (χ1v) is 6.23. The van der Waals surface area contributed by atoms with E-state index in [1.807, 2.05) is 0 Å². The number of anilines is 1. The number of methoxy groups -OCH3 is 1. The van der Waals surface area contributed by atoms with Gasteiger partial charge in [-0.3, -0.25) is 0 Å². The number of aromatic nitrogens is 2. The highest BCUT2D eigenvalue weighted by Gasteiger charge is 2.34. The number of hydrogen-bond acceptors (Lipinski definition) is 5. The van der Waals surface area contributed by atoms with Gasteiger partial charge in [0.2, 0.25) is 0 Å². The lowest BCUT2D eigenvalue weighted by atomic mass is 9.94. The van der Waals surface area contributed by atoms with Gasteiger partial charge in [0.05, 0.1) is 5.60 Å². The highest BCUT2D eigenvalue weighted by Crippen LogP contribution is 2.28. The summed E-state index contributed by atoms with van der Waals surface area (Å²) in [4.78, 5) is 0. The topological polar surface area (TPSA) is 56.3 Å². The molecule has 0 aromatic carbocycles. The van der Waals surface area contributed by atoms with Crippen LogP contribution in [0.5, 0.6) is 0 Å². The molecule has 1 aliphatic heterocycles. The van der Waals surface area contributed by atoms with Crippen LogP contribution in [-0.2, 0) is 15.7 Å². The molecular formula is C12H16F3N3O2. The molecule has 112 valence electrons. The summed E-state index contributed by atoms with van der Waals surface area (Å²) in [5.74, 6) is 0.293. The zero-order chi connectivity index (χ0) is 14.6. The van der Waals surface area contributed by atoms with Gasteiger partial charge in [-0.25, -0.2) is 0 Å². The van der Waals surface area contributed by atoms with Gasteiger partial charge in [0, 0.05) is 39.7 Å². The molecule has 1 saturated heterocycles. The molecule has 0 atom stereocenters. The van der Waals surface area contributed by atoms with Gasteiger partial charge in [0.15, 0.2) is 5.69 Å². The Kier molecular flexibility index (Phi) is 4.44. The van der Waals surface area contributed by atoms with Crippen LogP contribution in [0.15, 0.2) is 12.1 Å². The monoisotopic (exact) mass is 291 g/mol. The van der Waals surface area contributed by atoms with Crippen molar-refractivity contribution in [2.24, 2.45) is 0 Å². The zero-order valence-electron chi connectivity index (χ0n) is 11.0. The van der Waals surface area contributed by atoms with Crippen molar-refractivity contribution in [2.75, 3.05) is 32.2 Å². The predicted molar refractivity (Wildman–Crippen MR) is 65.3 cm³/mol. The van der Waals surface area contributed by atoms with Gasteiger partial charge in [-0.15, -0.1) is 10.2 Å².